The zero-order valence-corrected chi connectivity index (χ0v) is 28.1. The summed E-state index contributed by atoms with van der Waals surface area (Å²) in [5.41, 5.74) is 5.57. The van der Waals surface area contributed by atoms with E-state index in [4.69, 9.17) is 44.2 Å². The normalized spacial score (nSPS) is 15.8. The van der Waals surface area contributed by atoms with E-state index >= 15 is 0 Å². The van der Waals surface area contributed by atoms with Gasteiger partial charge in [-0.05, 0) is 20.3 Å². The van der Waals surface area contributed by atoms with Gasteiger partial charge in [-0.1, -0.05) is 61.8 Å². The topological polar surface area (TPSA) is 148 Å². The lowest BCUT2D eigenvalue weighted by molar-refractivity contribution is -0.134. The van der Waals surface area contributed by atoms with Crippen molar-refractivity contribution < 1.29 is 28.6 Å². The van der Waals surface area contributed by atoms with Gasteiger partial charge in [0, 0.05) is 43.0 Å². The molecule has 2 N–H and O–H groups in total. The summed E-state index contributed by atoms with van der Waals surface area (Å²) >= 11 is 13.4. The maximum atomic E-state index is 13.3. The molecule has 2 aliphatic rings. The third kappa shape index (κ3) is 13.0. The number of carbonyl (C=O) groups is 3. The van der Waals surface area contributed by atoms with Gasteiger partial charge >= 0.3 is 0 Å². The Labute approximate surface area is 267 Å². The smallest absolute Gasteiger partial charge is 0.230 e. The fourth-order valence-corrected chi connectivity index (χ4v) is 6.41. The zero-order valence-electron chi connectivity index (χ0n) is 24.8. The van der Waals surface area contributed by atoms with Crippen LogP contribution < -0.4 is 10.2 Å². The maximum absolute atomic E-state index is 13.3. The number of thioether (sulfide) groups is 2. The highest BCUT2D eigenvalue weighted by atomic mass is 32.2. The minimum absolute atomic E-state index is 0.0786. The summed E-state index contributed by atoms with van der Waals surface area (Å²) in [5.74, 6) is 1.27. The second-order valence-corrected chi connectivity index (χ2v) is 14.6. The highest BCUT2D eigenvalue weighted by Gasteiger charge is 2.31. The minimum Gasteiger partial charge on any atom is -0.379 e. The van der Waals surface area contributed by atoms with Gasteiger partial charge < -0.3 is 19.5 Å². The van der Waals surface area contributed by atoms with Gasteiger partial charge in [-0.25, -0.2) is 0 Å². The van der Waals surface area contributed by atoms with E-state index in [2.05, 4.69) is 15.3 Å². The third-order valence-corrected chi connectivity index (χ3v) is 9.59. The van der Waals surface area contributed by atoms with Crippen LogP contribution in [0, 0.1) is 10.9 Å². The van der Waals surface area contributed by atoms with E-state index < -0.39 is 17.1 Å². The van der Waals surface area contributed by atoms with Crippen LogP contribution in [-0.2, 0) is 28.6 Å². The molecule has 2 fully saturated rings. The van der Waals surface area contributed by atoms with Crippen LogP contribution >= 0.6 is 48.0 Å². The number of ether oxygens (including phenoxy) is 3. The van der Waals surface area contributed by atoms with Gasteiger partial charge in [0.25, 0.3) is 0 Å². The number of nitrogens with zero attached hydrogens (tertiary/aromatic N) is 4. The molecule has 42 heavy (non-hydrogen) atoms. The van der Waals surface area contributed by atoms with Gasteiger partial charge in [-0.2, -0.15) is 0 Å². The molecule has 2 rings (SSSR count). The van der Waals surface area contributed by atoms with E-state index in [1.54, 1.807) is 9.80 Å². The van der Waals surface area contributed by atoms with Gasteiger partial charge in [0.15, 0.2) is 0 Å². The lowest BCUT2D eigenvalue weighted by Crippen LogP contribution is -2.48. The Balaban J connectivity index is 1.86. The summed E-state index contributed by atoms with van der Waals surface area (Å²) in [6, 6.07) is -0.485. The molecule has 0 aliphatic carbocycles. The SMILES string of the molecule is CC(C)(CCN=[N+]=N)OCCC(C)(C)C(=O)NC(COCCC(=O)N1CCSC1=S)COCCC(=O)N1CCSC1=S. The van der Waals surface area contributed by atoms with E-state index in [9.17, 15) is 14.4 Å². The number of hydrogen-bond acceptors (Lipinski definition) is 12. The van der Waals surface area contributed by atoms with Gasteiger partial charge in [-0.15, -0.1) is 0 Å². The van der Waals surface area contributed by atoms with Crippen molar-refractivity contribution in [3.8, 4) is 0 Å². The second kappa shape index (κ2) is 18.3. The van der Waals surface area contributed by atoms with Crippen molar-refractivity contribution in [1.29, 1.82) is 5.53 Å². The van der Waals surface area contributed by atoms with E-state index in [1.165, 1.54) is 23.5 Å². The van der Waals surface area contributed by atoms with Crippen LogP contribution in [0.1, 0.15) is 53.4 Å². The molecule has 2 heterocycles. The quantitative estimate of drug-likeness (QED) is 0.0914. The van der Waals surface area contributed by atoms with Gasteiger partial charge in [0.05, 0.1) is 50.9 Å². The molecule has 236 valence electrons. The molecule has 0 aromatic heterocycles. The van der Waals surface area contributed by atoms with Crippen molar-refractivity contribution in [2.75, 3.05) is 64.2 Å². The number of carbonyl (C=O) groups excluding carboxylic acids is 3. The lowest BCUT2D eigenvalue weighted by atomic mass is 9.88. The van der Waals surface area contributed by atoms with Crippen LogP contribution in [0.2, 0.25) is 0 Å². The molecule has 0 aromatic carbocycles. The largest absolute Gasteiger partial charge is 0.379 e. The molecule has 0 aromatic rings. The fraction of sp³-hybridized carbons (Fsp3) is 0.808. The Hall–Kier alpha value is -1.52. The van der Waals surface area contributed by atoms with Crippen molar-refractivity contribution in [2.45, 2.75) is 65.0 Å². The van der Waals surface area contributed by atoms with Crippen LogP contribution in [0.15, 0.2) is 5.11 Å². The number of nitrogens with one attached hydrogen (secondary N) is 2. The number of hydrogen-bond donors (Lipinski definition) is 2. The van der Waals surface area contributed by atoms with E-state index in [-0.39, 0.29) is 57.0 Å². The minimum atomic E-state index is -0.743. The molecule has 16 heteroatoms. The number of amides is 3. The number of rotatable bonds is 19. The maximum Gasteiger partial charge on any atom is 0.230 e. The second-order valence-electron chi connectivity index (χ2n) is 11.1. The van der Waals surface area contributed by atoms with Gasteiger partial charge in [-0.3, -0.25) is 24.2 Å². The molecular formula is C26H43N6O6S4+. The first-order valence-corrected chi connectivity index (χ1v) is 16.7. The Morgan fingerprint density at radius 3 is 1.93 bits per heavy atom. The summed E-state index contributed by atoms with van der Waals surface area (Å²) < 4.78 is 18.7. The summed E-state index contributed by atoms with van der Waals surface area (Å²) in [4.78, 5) is 44.3. The van der Waals surface area contributed by atoms with E-state index in [0.717, 1.165) is 11.5 Å². The predicted molar refractivity (Wildman–Crippen MR) is 172 cm³/mol. The molecule has 0 spiro atoms. The zero-order chi connectivity index (χ0) is 31.2. The molecule has 12 nitrogen and oxygen atoms in total. The first kappa shape index (κ1) is 36.7. The van der Waals surface area contributed by atoms with Crippen molar-refractivity contribution in [2.24, 2.45) is 10.5 Å². The summed E-state index contributed by atoms with van der Waals surface area (Å²) in [5, 5.41) is 6.69. The van der Waals surface area contributed by atoms with Crippen LogP contribution in [0.5, 0.6) is 0 Å². The van der Waals surface area contributed by atoms with Crippen LogP contribution in [0.4, 0.5) is 0 Å². The van der Waals surface area contributed by atoms with Crippen molar-refractivity contribution in [3.63, 3.8) is 0 Å². The number of thiocarbonyl (C=S) groups is 2. The first-order chi connectivity index (χ1) is 19.9. The van der Waals surface area contributed by atoms with Crippen molar-refractivity contribution >= 4 is 74.3 Å². The average molecular weight is 664 g/mol. The molecule has 0 saturated carbocycles. The Morgan fingerprint density at radius 1 is 0.952 bits per heavy atom. The molecule has 3 amide bonds. The fourth-order valence-electron chi connectivity index (χ4n) is 3.93. The molecule has 2 saturated heterocycles. The molecule has 0 atom stereocenters. The first-order valence-electron chi connectivity index (χ1n) is 13.9. The van der Waals surface area contributed by atoms with E-state index in [1.807, 2.05) is 27.7 Å². The molecule has 0 bridgehead atoms. The van der Waals surface area contributed by atoms with Crippen LogP contribution in [-0.4, -0.2) is 112 Å². The predicted octanol–water partition coefficient (Wildman–Crippen LogP) is 3.16. The highest BCUT2D eigenvalue weighted by molar-refractivity contribution is 8.23. The van der Waals surface area contributed by atoms with Crippen LogP contribution in [0.3, 0.4) is 0 Å². The summed E-state index contributed by atoms with van der Waals surface area (Å²) in [6.07, 6.45) is 1.45. The standard InChI is InChI=1S/C26H42N6O6S4/c1-25(2,8-14-38-26(3,4)7-9-28-30-27)22(35)29-19(17-36-12-5-20(33)31-10-15-41-23(31)39)18-37-13-6-21(34)32-11-16-42-24(32)40/h19,27H,5-18H2,1-4H3/p+1. The molecular weight excluding hydrogens is 621 g/mol. The average Bonchev–Trinajstić information content (AvgIpc) is 3.56. The third-order valence-electron chi connectivity index (χ3n) is 6.74. The lowest BCUT2D eigenvalue weighted by Gasteiger charge is -2.30. The highest BCUT2D eigenvalue weighted by Crippen LogP contribution is 2.24. The van der Waals surface area contributed by atoms with E-state index in [0.29, 0.717) is 47.7 Å². The van der Waals surface area contributed by atoms with Crippen LogP contribution in [0.25, 0.3) is 0 Å². The van der Waals surface area contributed by atoms with Crippen molar-refractivity contribution in [1.82, 2.24) is 20.0 Å². The molecule has 2 aliphatic heterocycles. The Kier molecular flexibility index (Phi) is 16.0. The van der Waals surface area contributed by atoms with Gasteiger partial charge in [0.1, 0.15) is 25.8 Å². The summed E-state index contributed by atoms with van der Waals surface area (Å²) in [7, 11) is 0. The summed E-state index contributed by atoms with van der Waals surface area (Å²) in [6.45, 7) is 10.2. The molecule has 0 unspecified atom stereocenters. The monoisotopic (exact) mass is 663 g/mol. The molecule has 0 radical (unpaired) electrons. The van der Waals surface area contributed by atoms with Gasteiger partial charge in [0.2, 0.25) is 22.6 Å². The Morgan fingerprint density at radius 2 is 1.48 bits per heavy atom. The Bertz CT molecular complexity index is 977. The van der Waals surface area contributed by atoms with Crippen molar-refractivity contribution in [3.05, 3.63) is 0 Å².